The Balaban J connectivity index is 1.80. The zero-order chi connectivity index (χ0) is 16.4. The first-order chi connectivity index (χ1) is 11.0. The van der Waals surface area contributed by atoms with E-state index in [9.17, 15) is 4.79 Å². The molecule has 0 radical (unpaired) electrons. The van der Waals surface area contributed by atoms with Crippen molar-refractivity contribution in [1.82, 2.24) is 4.98 Å². The van der Waals surface area contributed by atoms with Crippen molar-refractivity contribution in [2.24, 2.45) is 5.41 Å². The first-order valence-electron chi connectivity index (χ1n) is 7.68. The van der Waals surface area contributed by atoms with Crippen LogP contribution in [0.1, 0.15) is 27.2 Å². The molecule has 0 aliphatic carbocycles. The number of fused-ring (bicyclic) bond motifs is 1. The molecule has 0 saturated carbocycles. The minimum atomic E-state index is -0.467. The van der Waals surface area contributed by atoms with Crippen molar-refractivity contribution >= 4 is 27.5 Å². The Morgan fingerprint density at radius 1 is 1.13 bits per heavy atom. The third kappa shape index (κ3) is 3.27. The first kappa shape index (κ1) is 15.7. The predicted molar refractivity (Wildman–Crippen MR) is 94.8 cm³/mol. The van der Waals surface area contributed by atoms with E-state index >= 15 is 0 Å². The van der Waals surface area contributed by atoms with E-state index in [2.05, 4.69) is 11.1 Å². The molecule has 0 bridgehead atoms. The lowest BCUT2D eigenvalue weighted by atomic mass is 9.91. The molecule has 118 valence electrons. The summed E-state index contributed by atoms with van der Waals surface area (Å²) in [5, 5.41) is 0.970. The van der Waals surface area contributed by atoms with Crippen LogP contribution in [-0.2, 0) is 4.79 Å². The van der Waals surface area contributed by atoms with Gasteiger partial charge in [-0.2, -0.15) is 0 Å². The maximum Gasteiger partial charge on any atom is 0.316 e. The summed E-state index contributed by atoms with van der Waals surface area (Å²) < 4.78 is 6.63. The van der Waals surface area contributed by atoms with E-state index in [0.717, 1.165) is 22.5 Å². The minimum Gasteiger partial charge on any atom is -0.426 e. The topological polar surface area (TPSA) is 39.2 Å². The average molecular weight is 325 g/mol. The zero-order valence-corrected chi connectivity index (χ0v) is 14.3. The Bertz CT molecular complexity index is 801. The van der Waals surface area contributed by atoms with E-state index in [1.807, 2.05) is 63.2 Å². The summed E-state index contributed by atoms with van der Waals surface area (Å²) >= 11 is 1.66. The summed E-state index contributed by atoms with van der Waals surface area (Å²) in [5.41, 5.74) is 1.57. The van der Waals surface area contributed by atoms with E-state index in [4.69, 9.17) is 4.74 Å². The predicted octanol–water partition coefficient (Wildman–Crippen LogP) is 5.30. The van der Waals surface area contributed by atoms with Gasteiger partial charge in [0.1, 0.15) is 10.8 Å². The maximum absolute atomic E-state index is 12.1. The van der Waals surface area contributed by atoms with Gasteiger partial charge >= 0.3 is 5.97 Å². The Hall–Kier alpha value is -2.20. The van der Waals surface area contributed by atoms with Crippen LogP contribution < -0.4 is 4.74 Å². The van der Waals surface area contributed by atoms with Crippen molar-refractivity contribution in [2.45, 2.75) is 27.2 Å². The van der Waals surface area contributed by atoms with Crippen LogP contribution in [0, 0.1) is 5.41 Å². The van der Waals surface area contributed by atoms with Gasteiger partial charge in [-0.1, -0.05) is 19.1 Å². The van der Waals surface area contributed by atoms with Crippen LogP contribution >= 0.6 is 11.3 Å². The fraction of sp³-hybridized carbons (Fsp3) is 0.263. The number of benzene rings is 2. The number of hydrogen-bond donors (Lipinski definition) is 0. The van der Waals surface area contributed by atoms with Gasteiger partial charge in [0.25, 0.3) is 0 Å². The van der Waals surface area contributed by atoms with E-state index in [0.29, 0.717) is 5.75 Å². The third-order valence-corrected chi connectivity index (χ3v) is 5.13. The van der Waals surface area contributed by atoms with Gasteiger partial charge in [-0.25, -0.2) is 4.98 Å². The first-order valence-corrected chi connectivity index (χ1v) is 8.49. The third-order valence-electron chi connectivity index (χ3n) is 4.04. The molecule has 0 aliphatic rings. The largest absolute Gasteiger partial charge is 0.426 e. The van der Waals surface area contributed by atoms with Gasteiger partial charge in [0.2, 0.25) is 0 Å². The van der Waals surface area contributed by atoms with Crippen molar-refractivity contribution in [2.75, 3.05) is 0 Å². The molecule has 0 amide bonds. The number of carbonyl (C=O) groups excluding carboxylic acids is 1. The molecular weight excluding hydrogens is 306 g/mol. The monoisotopic (exact) mass is 325 g/mol. The Morgan fingerprint density at radius 2 is 1.83 bits per heavy atom. The SMILES string of the molecule is CCC(C)(C)C(=O)Oc1ccc(-c2nc3ccccc3s2)cc1. The van der Waals surface area contributed by atoms with Crippen LogP contribution in [-0.4, -0.2) is 11.0 Å². The number of rotatable bonds is 4. The molecule has 0 fully saturated rings. The lowest BCUT2D eigenvalue weighted by Crippen LogP contribution is -2.28. The normalized spacial score (nSPS) is 11.6. The second-order valence-electron chi connectivity index (χ2n) is 6.14. The highest BCUT2D eigenvalue weighted by molar-refractivity contribution is 7.21. The molecule has 3 nitrogen and oxygen atoms in total. The smallest absolute Gasteiger partial charge is 0.316 e. The number of ether oxygens (including phenoxy) is 1. The highest BCUT2D eigenvalue weighted by atomic mass is 32.1. The highest BCUT2D eigenvalue weighted by Gasteiger charge is 2.27. The van der Waals surface area contributed by atoms with Crippen LogP contribution in [0.3, 0.4) is 0 Å². The molecule has 1 aromatic heterocycles. The van der Waals surface area contributed by atoms with Gasteiger partial charge in [0.05, 0.1) is 15.6 Å². The van der Waals surface area contributed by atoms with E-state index in [1.54, 1.807) is 11.3 Å². The van der Waals surface area contributed by atoms with Crippen LogP contribution in [0.2, 0.25) is 0 Å². The van der Waals surface area contributed by atoms with Gasteiger partial charge in [-0.05, 0) is 56.7 Å². The summed E-state index contributed by atoms with van der Waals surface area (Å²) in [6.07, 6.45) is 0.746. The van der Waals surface area contributed by atoms with Gasteiger partial charge in [0, 0.05) is 5.56 Å². The van der Waals surface area contributed by atoms with Gasteiger partial charge in [-0.3, -0.25) is 4.79 Å². The Labute approximate surface area is 139 Å². The maximum atomic E-state index is 12.1. The van der Waals surface area contributed by atoms with E-state index < -0.39 is 5.41 Å². The molecule has 1 heterocycles. The molecule has 0 spiro atoms. The second kappa shape index (κ2) is 6.13. The molecule has 3 rings (SSSR count). The lowest BCUT2D eigenvalue weighted by molar-refractivity contribution is -0.144. The molecule has 0 N–H and O–H groups in total. The lowest BCUT2D eigenvalue weighted by Gasteiger charge is -2.20. The quantitative estimate of drug-likeness (QED) is 0.482. The molecule has 23 heavy (non-hydrogen) atoms. The van der Waals surface area contributed by atoms with E-state index in [-0.39, 0.29) is 5.97 Å². The summed E-state index contributed by atoms with van der Waals surface area (Å²) in [6, 6.07) is 15.6. The van der Waals surface area contributed by atoms with Crippen LogP contribution in [0.25, 0.3) is 20.8 Å². The standard InChI is InChI=1S/C19H19NO2S/c1-4-19(2,3)18(21)22-14-11-9-13(10-12-14)17-20-15-7-5-6-8-16(15)23-17/h5-12H,4H2,1-3H3. The number of thiazole rings is 1. The van der Waals surface area contributed by atoms with Crippen molar-refractivity contribution in [3.8, 4) is 16.3 Å². The molecule has 0 aliphatic heterocycles. The molecule has 3 aromatic rings. The number of carbonyl (C=O) groups is 1. The summed E-state index contributed by atoms with van der Waals surface area (Å²) in [4.78, 5) is 16.7. The zero-order valence-electron chi connectivity index (χ0n) is 13.5. The van der Waals surface area contributed by atoms with E-state index in [1.165, 1.54) is 4.70 Å². The van der Waals surface area contributed by atoms with Crippen molar-refractivity contribution in [1.29, 1.82) is 0 Å². The number of aromatic nitrogens is 1. The van der Waals surface area contributed by atoms with Crippen molar-refractivity contribution < 1.29 is 9.53 Å². The number of esters is 1. The van der Waals surface area contributed by atoms with Crippen LogP contribution in [0.5, 0.6) is 5.75 Å². The second-order valence-corrected chi connectivity index (χ2v) is 7.17. The number of hydrogen-bond acceptors (Lipinski definition) is 4. The summed E-state index contributed by atoms with van der Waals surface area (Å²) in [5.74, 6) is 0.370. The molecule has 0 saturated heterocycles. The molecular formula is C19H19NO2S. The van der Waals surface area contributed by atoms with Crippen LogP contribution in [0.15, 0.2) is 48.5 Å². The van der Waals surface area contributed by atoms with Crippen LogP contribution in [0.4, 0.5) is 0 Å². The van der Waals surface area contributed by atoms with Crippen molar-refractivity contribution in [3.05, 3.63) is 48.5 Å². The number of nitrogens with zero attached hydrogens (tertiary/aromatic N) is 1. The van der Waals surface area contributed by atoms with Gasteiger partial charge < -0.3 is 4.74 Å². The number of para-hydroxylation sites is 1. The molecule has 0 atom stereocenters. The summed E-state index contributed by atoms with van der Waals surface area (Å²) in [6.45, 7) is 5.77. The Morgan fingerprint density at radius 3 is 2.48 bits per heavy atom. The molecule has 4 heteroatoms. The summed E-state index contributed by atoms with van der Waals surface area (Å²) in [7, 11) is 0. The fourth-order valence-electron chi connectivity index (χ4n) is 2.05. The Kier molecular flexibility index (Phi) is 4.18. The van der Waals surface area contributed by atoms with Gasteiger partial charge in [0.15, 0.2) is 0 Å². The average Bonchev–Trinajstić information content (AvgIpc) is 2.99. The molecule has 2 aromatic carbocycles. The fourth-order valence-corrected chi connectivity index (χ4v) is 3.02. The minimum absolute atomic E-state index is 0.201. The molecule has 0 unspecified atom stereocenters. The van der Waals surface area contributed by atoms with Gasteiger partial charge in [-0.15, -0.1) is 11.3 Å². The van der Waals surface area contributed by atoms with Crippen molar-refractivity contribution in [3.63, 3.8) is 0 Å². The highest BCUT2D eigenvalue weighted by Crippen LogP contribution is 2.31.